The van der Waals surface area contributed by atoms with Gasteiger partial charge in [-0.1, -0.05) is 37.8 Å². The van der Waals surface area contributed by atoms with E-state index in [-0.39, 0.29) is 0 Å². The third-order valence-electron chi connectivity index (χ3n) is 4.07. The molecular formula is C16H24O2. The number of rotatable bonds is 4. The zero-order valence-corrected chi connectivity index (χ0v) is 11.3. The van der Waals surface area contributed by atoms with E-state index < -0.39 is 5.60 Å². The summed E-state index contributed by atoms with van der Waals surface area (Å²) in [5.74, 6) is 0.895. The van der Waals surface area contributed by atoms with Crippen LogP contribution in [0.15, 0.2) is 24.3 Å². The van der Waals surface area contributed by atoms with Crippen LogP contribution in [0, 0.1) is 0 Å². The molecule has 0 aliphatic heterocycles. The van der Waals surface area contributed by atoms with E-state index in [1.807, 2.05) is 12.1 Å². The predicted octanol–water partition coefficient (Wildman–Crippen LogP) is 3.71. The number of benzene rings is 1. The summed E-state index contributed by atoms with van der Waals surface area (Å²) in [5.41, 5.74) is 0.865. The minimum atomic E-state index is -0.420. The van der Waals surface area contributed by atoms with Gasteiger partial charge >= 0.3 is 0 Å². The minimum Gasteiger partial charge on any atom is -0.497 e. The topological polar surface area (TPSA) is 29.5 Å². The second kappa shape index (κ2) is 6.24. The molecule has 100 valence electrons. The maximum absolute atomic E-state index is 10.6. The van der Waals surface area contributed by atoms with Gasteiger partial charge in [0.05, 0.1) is 12.7 Å². The molecule has 0 atom stereocenters. The number of aliphatic hydroxyl groups is 1. The molecule has 0 unspecified atom stereocenters. The Bertz CT molecular complexity index is 348. The molecule has 2 heteroatoms. The van der Waals surface area contributed by atoms with Crippen LogP contribution < -0.4 is 4.74 Å². The van der Waals surface area contributed by atoms with E-state index in [9.17, 15) is 5.11 Å². The van der Waals surface area contributed by atoms with Gasteiger partial charge in [-0.05, 0) is 43.4 Å². The van der Waals surface area contributed by atoms with Crippen LogP contribution >= 0.6 is 0 Å². The first-order chi connectivity index (χ1) is 8.72. The van der Waals surface area contributed by atoms with E-state index in [0.717, 1.165) is 31.4 Å². The van der Waals surface area contributed by atoms with Crippen molar-refractivity contribution in [2.24, 2.45) is 0 Å². The third-order valence-corrected chi connectivity index (χ3v) is 4.07. The number of aryl methyl sites for hydroxylation is 1. The van der Waals surface area contributed by atoms with Crippen LogP contribution in [-0.4, -0.2) is 17.8 Å². The quantitative estimate of drug-likeness (QED) is 0.823. The Morgan fingerprint density at radius 3 is 2.22 bits per heavy atom. The van der Waals surface area contributed by atoms with Crippen LogP contribution in [0.4, 0.5) is 0 Å². The van der Waals surface area contributed by atoms with Gasteiger partial charge in [-0.25, -0.2) is 0 Å². The lowest BCUT2D eigenvalue weighted by Gasteiger charge is -2.26. The molecule has 2 rings (SSSR count). The van der Waals surface area contributed by atoms with Gasteiger partial charge in [0.2, 0.25) is 0 Å². The SMILES string of the molecule is COc1ccc(CCC2(O)CCCCCC2)cc1. The number of hydrogen-bond acceptors (Lipinski definition) is 2. The molecule has 1 aliphatic rings. The van der Waals surface area contributed by atoms with Crippen LogP contribution in [0.2, 0.25) is 0 Å². The van der Waals surface area contributed by atoms with Crippen LogP contribution in [0.25, 0.3) is 0 Å². The normalized spacial score (nSPS) is 19.2. The summed E-state index contributed by atoms with van der Waals surface area (Å²) < 4.78 is 5.15. The van der Waals surface area contributed by atoms with Crippen molar-refractivity contribution in [1.29, 1.82) is 0 Å². The highest BCUT2D eigenvalue weighted by atomic mass is 16.5. The second-order valence-corrected chi connectivity index (χ2v) is 5.49. The molecule has 1 N–H and O–H groups in total. The van der Waals surface area contributed by atoms with Gasteiger partial charge < -0.3 is 9.84 Å². The first-order valence-electron chi connectivity index (χ1n) is 7.07. The molecule has 18 heavy (non-hydrogen) atoms. The fraction of sp³-hybridized carbons (Fsp3) is 0.625. The van der Waals surface area contributed by atoms with E-state index in [1.54, 1.807) is 7.11 Å². The molecular weight excluding hydrogens is 224 g/mol. The minimum absolute atomic E-state index is 0.420. The molecule has 1 aromatic carbocycles. The summed E-state index contributed by atoms with van der Waals surface area (Å²) in [5, 5.41) is 10.6. The van der Waals surface area contributed by atoms with Crippen LogP contribution in [-0.2, 0) is 6.42 Å². The van der Waals surface area contributed by atoms with Crippen molar-refractivity contribution >= 4 is 0 Å². The maximum atomic E-state index is 10.6. The van der Waals surface area contributed by atoms with Gasteiger partial charge in [-0.3, -0.25) is 0 Å². The largest absolute Gasteiger partial charge is 0.497 e. The summed E-state index contributed by atoms with van der Waals surface area (Å²) in [6.07, 6.45) is 8.72. The lowest BCUT2D eigenvalue weighted by atomic mass is 9.88. The van der Waals surface area contributed by atoms with Crippen molar-refractivity contribution in [3.63, 3.8) is 0 Å². The van der Waals surface area contributed by atoms with Crippen LogP contribution in [0.3, 0.4) is 0 Å². The van der Waals surface area contributed by atoms with Crippen molar-refractivity contribution in [2.75, 3.05) is 7.11 Å². The molecule has 0 heterocycles. The first kappa shape index (κ1) is 13.4. The van der Waals surface area contributed by atoms with E-state index in [2.05, 4.69) is 12.1 Å². The fourth-order valence-electron chi connectivity index (χ4n) is 2.81. The Morgan fingerprint density at radius 2 is 1.67 bits per heavy atom. The molecule has 0 amide bonds. The van der Waals surface area contributed by atoms with Crippen molar-refractivity contribution in [3.05, 3.63) is 29.8 Å². The Labute approximate surface area is 110 Å². The first-order valence-corrected chi connectivity index (χ1v) is 7.07. The van der Waals surface area contributed by atoms with E-state index in [0.29, 0.717) is 0 Å². The summed E-state index contributed by atoms with van der Waals surface area (Å²) in [6, 6.07) is 8.18. The van der Waals surface area contributed by atoms with Gasteiger partial charge in [0.25, 0.3) is 0 Å². The van der Waals surface area contributed by atoms with Crippen molar-refractivity contribution in [1.82, 2.24) is 0 Å². The highest BCUT2D eigenvalue weighted by molar-refractivity contribution is 5.27. The third kappa shape index (κ3) is 3.74. The van der Waals surface area contributed by atoms with Crippen LogP contribution in [0.1, 0.15) is 50.5 Å². The summed E-state index contributed by atoms with van der Waals surface area (Å²) in [4.78, 5) is 0. The lowest BCUT2D eigenvalue weighted by Crippen LogP contribution is -2.28. The molecule has 2 nitrogen and oxygen atoms in total. The van der Waals surface area contributed by atoms with Gasteiger partial charge in [-0.2, -0.15) is 0 Å². The monoisotopic (exact) mass is 248 g/mol. The molecule has 1 aromatic rings. The fourth-order valence-corrected chi connectivity index (χ4v) is 2.81. The highest BCUT2D eigenvalue weighted by Crippen LogP contribution is 2.31. The molecule has 0 aromatic heterocycles. The van der Waals surface area contributed by atoms with Crippen LogP contribution in [0.5, 0.6) is 5.75 Å². The van der Waals surface area contributed by atoms with Gasteiger partial charge in [0.1, 0.15) is 5.75 Å². The molecule has 1 saturated carbocycles. The van der Waals surface area contributed by atoms with Gasteiger partial charge in [0.15, 0.2) is 0 Å². The summed E-state index contributed by atoms with van der Waals surface area (Å²) in [6.45, 7) is 0. The molecule has 1 fully saturated rings. The Kier molecular flexibility index (Phi) is 4.65. The molecule has 0 saturated heterocycles. The molecule has 0 bridgehead atoms. The summed E-state index contributed by atoms with van der Waals surface area (Å²) >= 11 is 0. The van der Waals surface area contributed by atoms with E-state index in [4.69, 9.17) is 4.74 Å². The second-order valence-electron chi connectivity index (χ2n) is 5.49. The van der Waals surface area contributed by atoms with Gasteiger partial charge in [0, 0.05) is 0 Å². The number of ether oxygens (including phenoxy) is 1. The maximum Gasteiger partial charge on any atom is 0.118 e. The van der Waals surface area contributed by atoms with E-state index >= 15 is 0 Å². The highest BCUT2D eigenvalue weighted by Gasteiger charge is 2.27. The number of hydrogen-bond donors (Lipinski definition) is 1. The standard InChI is InChI=1S/C16H24O2/c1-18-15-8-6-14(7-9-15)10-13-16(17)11-4-2-3-5-12-16/h6-9,17H,2-5,10-13H2,1H3. The van der Waals surface area contributed by atoms with Crippen molar-refractivity contribution in [3.8, 4) is 5.75 Å². The molecule has 0 spiro atoms. The average Bonchev–Trinajstić information content (AvgIpc) is 2.62. The smallest absolute Gasteiger partial charge is 0.118 e. The Morgan fingerprint density at radius 1 is 1.06 bits per heavy atom. The lowest BCUT2D eigenvalue weighted by molar-refractivity contribution is 0.0167. The predicted molar refractivity (Wildman–Crippen MR) is 74.0 cm³/mol. The summed E-state index contributed by atoms with van der Waals surface area (Å²) in [7, 11) is 1.68. The van der Waals surface area contributed by atoms with E-state index in [1.165, 1.54) is 31.2 Å². The van der Waals surface area contributed by atoms with Crippen molar-refractivity contribution < 1.29 is 9.84 Å². The zero-order valence-electron chi connectivity index (χ0n) is 11.3. The van der Waals surface area contributed by atoms with Gasteiger partial charge in [-0.15, -0.1) is 0 Å². The molecule has 0 radical (unpaired) electrons. The Hall–Kier alpha value is -1.02. The average molecular weight is 248 g/mol. The zero-order chi connectivity index (χ0) is 12.8. The van der Waals surface area contributed by atoms with Crippen molar-refractivity contribution in [2.45, 2.75) is 57.0 Å². The number of methoxy groups -OCH3 is 1. The Balaban J connectivity index is 1.88. The molecule has 1 aliphatic carbocycles.